The number of hydrogen-bond acceptors (Lipinski definition) is 4. The molecule has 5 heteroatoms. The molecule has 0 fully saturated rings. The van der Waals surface area contributed by atoms with Gasteiger partial charge in [-0.25, -0.2) is 0 Å². The van der Waals surface area contributed by atoms with Crippen LogP contribution < -0.4 is 14.8 Å². The third-order valence-electron chi connectivity index (χ3n) is 5.02. The molecule has 0 bridgehead atoms. The topological polar surface area (TPSA) is 60.7 Å². The SMILES string of the molecule is CC(=O)NC(C)(C)C.COc1ccc(-c2cccc(Oc3ccc(-c4ccco4)cc3C)c2)cc1.[HH].[HH]. The number of benzene rings is 3. The molecule has 1 aromatic heterocycles. The van der Waals surface area contributed by atoms with E-state index in [0.717, 1.165) is 45.3 Å². The van der Waals surface area contributed by atoms with Crippen LogP contribution in [0.3, 0.4) is 0 Å². The van der Waals surface area contributed by atoms with Crippen molar-refractivity contribution in [1.29, 1.82) is 0 Å². The van der Waals surface area contributed by atoms with Crippen molar-refractivity contribution >= 4 is 5.91 Å². The lowest BCUT2D eigenvalue weighted by molar-refractivity contribution is -0.120. The first-order chi connectivity index (χ1) is 16.6. The molecule has 35 heavy (non-hydrogen) atoms. The molecule has 0 aliphatic heterocycles. The molecule has 0 unspecified atom stereocenters. The highest BCUT2D eigenvalue weighted by Gasteiger charge is 2.09. The summed E-state index contributed by atoms with van der Waals surface area (Å²) < 4.78 is 16.8. The van der Waals surface area contributed by atoms with Crippen LogP contribution in [-0.2, 0) is 4.79 Å². The monoisotopic (exact) mass is 475 g/mol. The number of rotatable bonds is 5. The van der Waals surface area contributed by atoms with Crippen molar-refractivity contribution in [2.45, 2.75) is 40.2 Å². The van der Waals surface area contributed by atoms with E-state index in [0.29, 0.717) is 0 Å². The lowest BCUT2D eigenvalue weighted by Crippen LogP contribution is -2.38. The third-order valence-corrected chi connectivity index (χ3v) is 5.02. The van der Waals surface area contributed by atoms with Crippen LogP contribution in [0.4, 0.5) is 0 Å². The van der Waals surface area contributed by atoms with E-state index in [9.17, 15) is 4.79 Å². The quantitative estimate of drug-likeness (QED) is 0.316. The number of carbonyl (C=O) groups excluding carboxylic acids is 1. The van der Waals surface area contributed by atoms with E-state index in [1.54, 1.807) is 13.4 Å². The van der Waals surface area contributed by atoms with Gasteiger partial charge in [0.05, 0.1) is 13.4 Å². The number of furan rings is 1. The van der Waals surface area contributed by atoms with Gasteiger partial charge in [0.2, 0.25) is 5.91 Å². The van der Waals surface area contributed by atoms with E-state index in [-0.39, 0.29) is 14.3 Å². The molecule has 186 valence electrons. The van der Waals surface area contributed by atoms with Crippen molar-refractivity contribution < 1.29 is 21.5 Å². The zero-order valence-electron chi connectivity index (χ0n) is 21.2. The molecule has 0 saturated heterocycles. The molecule has 0 saturated carbocycles. The number of amides is 1. The summed E-state index contributed by atoms with van der Waals surface area (Å²) in [6.45, 7) is 9.41. The first-order valence-electron chi connectivity index (χ1n) is 11.5. The Labute approximate surface area is 210 Å². The van der Waals surface area contributed by atoms with E-state index in [2.05, 4.69) is 17.4 Å². The largest absolute Gasteiger partial charge is 0.497 e. The van der Waals surface area contributed by atoms with Gasteiger partial charge in [0.25, 0.3) is 0 Å². The standard InChI is InChI=1S/C24H20O3.C6H13NO.2H2/c1-17-15-20(24-7-4-14-26-24)10-13-23(17)27-22-6-3-5-19(16-22)18-8-11-21(25-2)12-9-18;1-5(8)7-6(2,3)4;;/h3-16H,1-2H3;1-4H3,(H,7,8);2*1H. The van der Waals surface area contributed by atoms with E-state index in [1.807, 2.05) is 94.4 Å². The third kappa shape index (κ3) is 7.78. The predicted molar refractivity (Wildman–Crippen MR) is 145 cm³/mol. The summed E-state index contributed by atoms with van der Waals surface area (Å²) in [5.74, 6) is 3.36. The minimum Gasteiger partial charge on any atom is -0.497 e. The molecule has 0 aliphatic carbocycles. The zero-order chi connectivity index (χ0) is 25.4. The highest BCUT2D eigenvalue weighted by molar-refractivity contribution is 5.73. The second-order valence-electron chi connectivity index (χ2n) is 9.25. The van der Waals surface area contributed by atoms with Crippen LogP contribution in [0, 0.1) is 6.92 Å². The van der Waals surface area contributed by atoms with Gasteiger partial charge in [0.1, 0.15) is 23.0 Å². The molecule has 0 aliphatic rings. The van der Waals surface area contributed by atoms with Crippen molar-refractivity contribution in [3.05, 3.63) is 90.7 Å². The number of hydrogen-bond donors (Lipinski definition) is 1. The summed E-state index contributed by atoms with van der Waals surface area (Å²) in [4.78, 5) is 10.3. The summed E-state index contributed by atoms with van der Waals surface area (Å²) in [5, 5.41) is 2.74. The fourth-order valence-electron chi connectivity index (χ4n) is 3.54. The van der Waals surface area contributed by atoms with Crippen molar-refractivity contribution in [3.63, 3.8) is 0 Å². The summed E-state index contributed by atoms with van der Waals surface area (Å²) >= 11 is 0. The highest BCUT2D eigenvalue weighted by Crippen LogP contribution is 2.32. The maximum atomic E-state index is 10.3. The first-order valence-corrected chi connectivity index (χ1v) is 11.5. The summed E-state index contributed by atoms with van der Waals surface area (Å²) in [7, 11) is 1.67. The Bertz CT molecular complexity index is 1250. The highest BCUT2D eigenvalue weighted by atomic mass is 16.5. The number of nitrogens with one attached hydrogen (secondary N) is 1. The molecular weight excluding hydrogens is 438 g/mol. The average molecular weight is 476 g/mol. The summed E-state index contributed by atoms with van der Waals surface area (Å²) in [5.41, 5.74) is 4.23. The maximum Gasteiger partial charge on any atom is 0.217 e. The fourth-order valence-corrected chi connectivity index (χ4v) is 3.54. The zero-order valence-corrected chi connectivity index (χ0v) is 21.2. The van der Waals surface area contributed by atoms with E-state index in [4.69, 9.17) is 13.9 Å². The molecule has 1 N–H and O–H groups in total. The van der Waals surface area contributed by atoms with Gasteiger partial charge >= 0.3 is 0 Å². The van der Waals surface area contributed by atoms with Crippen LogP contribution in [0.2, 0.25) is 0 Å². The molecule has 4 rings (SSSR count). The van der Waals surface area contributed by atoms with Gasteiger partial charge in [-0.1, -0.05) is 24.3 Å². The Morgan fingerprint density at radius 3 is 2.11 bits per heavy atom. The number of aryl methyl sites for hydroxylation is 1. The van der Waals surface area contributed by atoms with Gasteiger partial charge in [-0.15, -0.1) is 0 Å². The van der Waals surface area contributed by atoms with Gasteiger partial charge in [-0.3, -0.25) is 4.79 Å². The minimum atomic E-state index is -0.0775. The molecule has 0 radical (unpaired) electrons. The van der Waals surface area contributed by atoms with Crippen LogP contribution in [0.1, 0.15) is 36.1 Å². The number of carbonyl (C=O) groups is 1. The predicted octanol–water partition coefficient (Wildman–Crippen LogP) is 8.14. The van der Waals surface area contributed by atoms with Crippen LogP contribution in [0.15, 0.2) is 89.5 Å². The molecule has 4 aromatic rings. The fraction of sp³-hybridized carbons (Fsp3) is 0.233. The lowest BCUT2D eigenvalue weighted by Gasteiger charge is -2.18. The van der Waals surface area contributed by atoms with Crippen molar-refractivity contribution in [2.75, 3.05) is 7.11 Å². The molecule has 3 aromatic carbocycles. The first kappa shape index (κ1) is 25.6. The lowest BCUT2D eigenvalue weighted by atomic mass is 10.1. The molecule has 0 atom stereocenters. The van der Waals surface area contributed by atoms with Crippen LogP contribution in [0.5, 0.6) is 17.2 Å². The van der Waals surface area contributed by atoms with Crippen molar-refractivity contribution in [1.82, 2.24) is 5.32 Å². The average Bonchev–Trinajstić information content (AvgIpc) is 3.34. The molecule has 1 heterocycles. The summed E-state index contributed by atoms with van der Waals surface area (Å²) in [6, 6.07) is 26.0. The van der Waals surface area contributed by atoms with Gasteiger partial charge in [0.15, 0.2) is 0 Å². The molecule has 0 spiro atoms. The van der Waals surface area contributed by atoms with Crippen LogP contribution in [0.25, 0.3) is 22.5 Å². The Morgan fingerprint density at radius 2 is 1.57 bits per heavy atom. The van der Waals surface area contributed by atoms with Crippen LogP contribution >= 0.6 is 0 Å². The molecular formula is C30H37NO4. The van der Waals surface area contributed by atoms with Gasteiger partial charge in [-0.05, 0) is 99.0 Å². The molecule has 5 nitrogen and oxygen atoms in total. The number of methoxy groups -OCH3 is 1. The minimum absolute atomic E-state index is 0. The van der Waals surface area contributed by atoms with Crippen molar-refractivity contribution in [3.8, 4) is 39.7 Å². The Kier molecular flexibility index (Phi) is 8.37. The van der Waals surface area contributed by atoms with E-state index >= 15 is 0 Å². The van der Waals surface area contributed by atoms with E-state index in [1.165, 1.54) is 6.92 Å². The van der Waals surface area contributed by atoms with E-state index < -0.39 is 0 Å². The van der Waals surface area contributed by atoms with Crippen molar-refractivity contribution in [2.24, 2.45) is 0 Å². The second-order valence-corrected chi connectivity index (χ2v) is 9.25. The van der Waals surface area contributed by atoms with Crippen LogP contribution in [-0.4, -0.2) is 18.6 Å². The Hall–Kier alpha value is -3.99. The Balaban J connectivity index is 0.000000600. The Morgan fingerprint density at radius 1 is 0.857 bits per heavy atom. The molecule has 1 amide bonds. The summed E-state index contributed by atoms with van der Waals surface area (Å²) in [6.07, 6.45) is 1.68. The second kappa shape index (κ2) is 11.4. The number of ether oxygens (including phenoxy) is 2. The smallest absolute Gasteiger partial charge is 0.217 e. The van der Waals surface area contributed by atoms with Gasteiger partial charge in [0, 0.05) is 20.9 Å². The van der Waals surface area contributed by atoms with Gasteiger partial charge < -0.3 is 19.2 Å². The normalized spacial score (nSPS) is 10.7. The van der Waals surface area contributed by atoms with Gasteiger partial charge in [-0.2, -0.15) is 0 Å². The maximum absolute atomic E-state index is 10.3.